The number of carbonyl (C=O) groups is 1. The third-order valence-electron chi connectivity index (χ3n) is 2.97. The highest BCUT2D eigenvalue weighted by molar-refractivity contribution is 5.74. The number of hydrogen-bond donors (Lipinski definition) is 2. The van der Waals surface area contributed by atoms with Crippen molar-refractivity contribution in [2.45, 2.75) is 33.0 Å². The fourth-order valence-corrected chi connectivity index (χ4v) is 2.01. The second-order valence-electron chi connectivity index (χ2n) is 4.86. The van der Waals surface area contributed by atoms with E-state index in [4.69, 9.17) is 4.74 Å². The number of nitrogens with one attached hydrogen (secondary N) is 2. The van der Waals surface area contributed by atoms with Crippen LogP contribution in [-0.2, 0) is 13.1 Å². The van der Waals surface area contributed by atoms with Crippen LogP contribution in [0.2, 0.25) is 0 Å². The van der Waals surface area contributed by atoms with Gasteiger partial charge in [0.25, 0.3) is 0 Å². The van der Waals surface area contributed by atoms with Crippen molar-refractivity contribution in [3.63, 3.8) is 0 Å². The summed E-state index contributed by atoms with van der Waals surface area (Å²) in [5.41, 5.74) is 0.847. The minimum atomic E-state index is -0.231. The molecule has 0 fully saturated rings. The Morgan fingerprint density at radius 2 is 2.27 bits per heavy atom. The zero-order valence-corrected chi connectivity index (χ0v) is 12.8. The molecule has 0 saturated heterocycles. The normalized spacial score (nSPS) is 11.7. The van der Waals surface area contributed by atoms with Crippen LogP contribution in [0, 0.1) is 0 Å². The first-order valence-electron chi connectivity index (χ1n) is 7.27. The zero-order valence-electron chi connectivity index (χ0n) is 12.8. The van der Waals surface area contributed by atoms with Crippen LogP contribution in [0.3, 0.4) is 0 Å². The van der Waals surface area contributed by atoms with Crippen LogP contribution in [0.15, 0.2) is 36.8 Å². The molecule has 1 atom stereocenters. The molecule has 0 saturated carbocycles. The molecule has 2 heterocycles. The molecule has 0 aliphatic carbocycles. The van der Waals surface area contributed by atoms with Crippen LogP contribution in [-0.4, -0.2) is 33.4 Å². The van der Waals surface area contributed by atoms with Gasteiger partial charge in [0.15, 0.2) is 0 Å². The first kappa shape index (κ1) is 15.8. The Hall–Kier alpha value is -2.57. The number of hydrogen-bond acceptors (Lipinski definition) is 4. The average molecular weight is 303 g/mol. The van der Waals surface area contributed by atoms with E-state index in [-0.39, 0.29) is 12.1 Å². The second kappa shape index (κ2) is 8.02. The molecule has 0 radical (unpaired) electrons. The highest BCUT2D eigenvalue weighted by Crippen LogP contribution is 2.13. The first-order chi connectivity index (χ1) is 10.7. The summed E-state index contributed by atoms with van der Waals surface area (Å²) in [5, 5.41) is 9.79. The van der Waals surface area contributed by atoms with E-state index < -0.39 is 0 Å². The molecule has 0 spiro atoms. The van der Waals surface area contributed by atoms with E-state index in [1.165, 1.54) is 0 Å². The van der Waals surface area contributed by atoms with Crippen molar-refractivity contribution in [3.8, 4) is 5.88 Å². The smallest absolute Gasteiger partial charge is 0.315 e. The van der Waals surface area contributed by atoms with Gasteiger partial charge in [0, 0.05) is 36.7 Å². The lowest BCUT2D eigenvalue weighted by molar-refractivity contribution is 0.235. The maximum absolute atomic E-state index is 11.9. The standard InChI is InChI=1S/C15H21N5O2/c1-3-22-14-13(6-4-7-16-14)10-17-15(21)19-12(2)11-20-9-5-8-18-20/h4-9,12H,3,10-11H2,1-2H3,(H2,17,19,21). The monoisotopic (exact) mass is 303 g/mol. The van der Waals surface area contributed by atoms with Gasteiger partial charge in [-0.25, -0.2) is 9.78 Å². The molecule has 0 aromatic carbocycles. The van der Waals surface area contributed by atoms with Gasteiger partial charge >= 0.3 is 6.03 Å². The topological polar surface area (TPSA) is 81.1 Å². The number of amides is 2. The summed E-state index contributed by atoms with van der Waals surface area (Å²) < 4.78 is 7.20. The van der Waals surface area contributed by atoms with Crippen molar-refractivity contribution in [3.05, 3.63) is 42.4 Å². The van der Waals surface area contributed by atoms with Crippen LogP contribution in [0.25, 0.3) is 0 Å². The van der Waals surface area contributed by atoms with Gasteiger partial charge in [-0.2, -0.15) is 5.10 Å². The van der Waals surface area contributed by atoms with E-state index >= 15 is 0 Å². The maximum Gasteiger partial charge on any atom is 0.315 e. The molecular formula is C15H21N5O2. The molecule has 0 aliphatic heterocycles. The highest BCUT2D eigenvalue weighted by atomic mass is 16.5. The summed E-state index contributed by atoms with van der Waals surface area (Å²) >= 11 is 0. The van der Waals surface area contributed by atoms with Gasteiger partial charge in [-0.3, -0.25) is 4.68 Å². The largest absolute Gasteiger partial charge is 0.478 e. The minimum absolute atomic E-state index is 0.0276. The fraction of sp³-hybridized carbons (Fsp3) is 0.400. The van der Waals surface area contributed by atoms with E-state index in [1.54, 1.807) is 17.1 Å². The number of aromatic nitrogens is 3. The van der Waals surface area contributed by atoms with E-state index in [9.17, 15) is 4.79 Å². The predicted molar refractivity (Wildman–Crippen MR) is 82.5 cm³/mol. The van der Waals surface area contributed by atoms with Crippen LogP contribution in [0.5, 0.6) is 5.88 Å². The molecular weight excluding hydrogens is 282 g/mol. The van der Waals surface area contributed by atoms with E-state index in [0.717, 1.165) is 5.56 Å². The van der Waals surface area contributed by atoms with E-state index in [1.807, 2.05) is 38.2 Å². The molecule has 2 amide bonds. The summed E-state index contributed by atoms with van der Waals surface area (Å²) in [5.74, 6) is 0.551. The third-order valence-corrected chi connectivity index (χ3v) is 2.97. The fourth-order valence-electron chi connectivity index (χ4n) is 2.01. The lowest BCUT2D eigenvalue weighted by Gasteiger charge is -2.15. The molecule has 1 unspecified atom stereocenters. The lowest BCUT2D eigenvalue weighted by Crippen LogP contribution is -2.42. The minimum Gasteiger partial charge on any atom is -0.478 e. The Morgan fingerprint density at radius 3 is 3.00 bits per heavy atom. The lowest BCUT2D eigenvalue weighted by atomic mass is 10.2. The molecule has 0 bridgehead atoms. The average Bonchev–Trinajstić information content (AvgIpc) is 2.99. The molecule has 7 nitrogen and oxygen atoms in total. The quantitative estimate of drug-likeness (QED) is 0.813. The van der Waals surface area contributed by atoms with Gasteiger partial charge in [-0.15, -0.1) is 0 Å². The molecule has 7 heteroatoms. The van der Waals surface area contributed by atoms with Crippen LogP contribution < -0.4 is 15.4 Å². The number of carbonyl (C=O) groups excluding carboxylic acids is 1. The van der Waals surface area contributed by atoms with Crippen LogP contribution in [0.4, 0.5) is 4.79 Å². The Labute approximate surface area is 129 Å². The Morgan fingerprint density at radius 1 is 1.41 bits per heavy atom. The van der Waals surface area contributed by atoms with Crippen molar-refractivity contribution in [1.29, 1.82) is 0 Å². The molecule has 118 valence electrons. The molecule has 2 rings (SSSR count). The molecule has 22 heavy (non-hydrogen) atoms. The zero-order chi connectivity index (χ0) is 15.8. The van der Waals surface area contributed by atoms with Crippen molar-refractivity contribution >= 4 is 6.03 Å². The van der Waals surface area contributed by atoms with Gasteiger partial charge < -0.3 is 15.4 Å². The molecule has 2 aromatic heterocycles. The Bertz CT molecular complexity index is 585. The molecule has 2 N–H and O–H groups in total. The molecule has 0 aliphatic rings. The van der Waals surface area contributed by atoms with Crippen molar-refractivity contribution in [2.75, 3.05) is 6.61 Å². The Balaban J connectivity index is 1.80. The number of nitrogens with zero attached hydrogens (tertiary/aromatic N) is 3. The molecule has 2 aromatic rings. The Kier molecular flexibility index (Phi) is 5.76. The first-order valence-corrected chi connectivity index (χ1v) is 7.27. The SMILES string of the molecule is CCOc1ncccc1CNC(=O)NC(C)Cn1cccn1. The predicted octanol–water partition coefficient (Wildman–Crippen LogP) is 1.56. The summed E-state index contributed by atoms with van der Waals surface area (Å²) in [4.78, 5) is 16.1. The summed E-state index contributed by atoms with van der Waals surface area (Å²) in [7, 11) is 0. The van der Waals surface area contributed by atoms with Gasteiger partial charge in [-0.05, 0) is 26.0 Å². The number of pyridine rings is 1. The van der Waals surface area contributed by atoms with Crippen molar-refractivity contribution in [1.82, 2.24) is 25.4 Å². The van der Waals surface area contributed by atoms with Gasteiger partial charge in [0.05, 0.1) is 13.2 Å². The van der Waals surface area contributed by atoms with Gasteiger partial charge in [0.2, 0.25) is 5.88 Å². The van der Waals surface area contributed by atoms with Crippen LogP contribution >= 0.6 is 0 Å². The third kappa shape index (κ3) is 4.76. The number of urea groups is 1. The number of ether oxygens (including phenoxy) is 1. The second-order valence-corrected chi connectivity index (χ2v) is 4.86. The van der Waals surface area contributed by atoms with Gasteiger partial charge in [0.1, 0.15) is 0 Å². The summed E-state index contributed by atoms with van der Waals surface area (Å²) in [6.45, 7) is 5.35. The summed E-state index contributed by atoms with van der Waals surface area (Å²) in [6.07, 6.45) is 5.24. The summed E-state index contributed by atoms with van der Waals surface area (Å²) in [6, 6.07) is 5.29. The van der Waals surface area contributed by atoms with E-state index in [0.29, 0.717) is 25.6 Å². The van der Waals surface area contributed by atoms with E-state index in [2.05, 4.69) is 20.7 Å². The maximum atomic E-state index is 11.9. The number of rotatable bonds is 7. The highest BCUT2D eigenvalue weighted by Gasteiger charge is 2.09. The van der Waals surface area contributed by atoms with Crippen molar-refractivity contribution < 1.29 is 9.53 Å². The van der Waals surface area contributed by atoms with Crippen molar-refractivity contribution in [2.24, 2.45) is 0 Å². The van der Waals surface area contributed by atoms with Crippen LogP contribution in [0.1, 0.15) is 19.4 Å². The van der Waals surface area contributed by atoms with Gasteiger partial charge in [-0.1, -0.05) is 6.07 Å².